The molecule has 2 rings (SSSR count). The molecular formula is C20H26O. The first-order valence-corrected chi connectivity index (χ1v) is 7.66. The van der Waals surface area contributed by atoms with Crippen LogP contribution in [0.5, 0.6) is 0 Å². The van der Waals surface area contributed by atoms with E-state index < -0.39 is 0 Å². The van der Waals surface area contributed by atoms with Crippen LogP contribution in [0.25, 0.3) is 11.1 Å². The predicted octanol–water partition coefficient (Wildman–Crippen LogP) is 4.88. The van der Waals surface area contributed by atoms with Crippen molar-refractivity contribution < 1.29 is 5.11 Å². The fourth-order valence-electron chi connectivity index (χ4n) is 2.84. The Morgan fingerprint density at radius 3 is 2.29 bits per heavy atom. The SMILES string of the molecule is Cc1ccc(-c2ccccc2C(C)(C)C)c(CC(C)O)c1. The van der Waals surface area contributed by atoms with E-state index in [0.29, 0.717) is 6.42 Å². The molecule has 1 N–H and O–H groups in total. The molecule has 0 fully saturated rings. The second kappa shape index (κ2) is 6.03. The molecule has 2 aromatic rings. The molecule has 0 heterocycles. The normalized spacial score (nSPS) is 13.2. The quantitative estimate of drug-likeness (QED) is 0.850. The summed E-state index contributed by atoms with van der Waals surface area (Å²) in [7, 11) is 0. The number of rotatable bonds is 3. The highest BCUT2D eigenvalue weighted by Crippen LogP contribution is 2.35. The number of hydrogen-bond donors (Lipinski definition) is 1. The van der Waals surface area contributed by atoms with Crippen LogP contribution in [0, 0.1) is 6.92 Å². The van der Waals surface area contributed by atoms with E-state index in [0.717, 1.165) is 0 Å². The molecule has 2 aromatic carbocycles. The molecule has 0 spiro atoms. The van der Waals surface area contributed by atoms with E-state index in [1.807, 2.05) is 6.92 Å². The van der Waals surface area contributed by atoms with Gasteiger partial charge in [-0.05, 0) is 47.9 Å². The van der Waals surface area contributed by atoms with Gasteiger partial charge in [-0.1, -0.05) is 68.8 Å². The van der Waals surface area contributed by atoms with E-state index in [1.165, 1.54) is 27.8 Å². The van der Waals surface area contributed by atoms with Crippen LogP contribution >= 0.6 is 0 Å². The van der Waals surface area contributed by atoms with Gasteiger partial charge in [0.1, 0.15) is 0 Å². The standard InChI is InChI=1S/C20H26O/c1-14-10-11-17(16(12-14)13-15(2)21)18-8-6-7-9-19(18)20(3,4)5/h6-12,15,21H,13H2,1-5H3. The Labute approximate surface area is 128 Å². The average molecular weight is 282 g/mol. The van der Waals surface area contributed by atoms with Crippen molar-refractivity contribution in [2.24, 2.45) is 0 Å². The summed E-state index contributed by atoms with van der Waals surface area (Å²) in [6.45, 7) is 10.7. The third-order valence-electron chi connectivity index (χ3n) is 3.80. The third kappa shape index (κ3) is 3.74. The first kappa shape index (κ1) is 15.8. The average Bonchev–Trinajstić information content (AvgIpc) is 2.37. The van der Waals surface area contributed by atoms with E-state index >= 15 is 0 Å². The van der Waals surface area contributed by atoms with Gasteiger partial charge in [0.15, 0.2) is 0 Å². The van der Waals surface area contributed by atoms with Gasteiger partial charge in [-0.25, -0.2) is 0 Å². The molecule has 0 aromatic heterocycles. The smallest absolute Gasteiger partial charge is 0.0552 e. The molecule has 0 bridgehead atoms. The largest absolute Gasteiger partial charge is 0.393 e. The predicted molar refractivity (Wildman–Crippen MR) is 90.7 cm³/mol. The summed E-state index contributed by atoms with van der Waals surface area (Å²) >= 11 is 0. The molecule has 0 radical (unpaired) electrons. The molecule has 1 nitrogen and oxygen atoms in total. The lowest BCUT2D eigenvalue weighted by Crippen LogP contribution is -2.13. The molecule has 1 heteroatoms. The summed E-state index contributed by atoms with van der Waals surface area (Å²) in [5.74, 6) is 0. The molecule has 0 aliphatic rings. The summed E-state index contributed by atoms with van der Waals surface area (Å²) in [6.07, 6.45) is 0.363. The van der Waals surface area contributed by atoms with Crippen LogP contribution in [-0.2, 0) is 11.8 Å². The van der Waals surface area contributed by atoms with Gasteiger partial charge in [-0.15, -0.1) is 0 Å². The van der Waals surface area contributed by atoms with Gasteiger partial charge in [0.05, 0.1) is 6.10 Å². The van der Waals surface area contributed by atoms with Gasteiger partial charge in [0.25, 0.3) is 0 Å². The molecule has 0 aliphatic carbocycles. The van der Waals surface area contributed by atoms with E-state index in [2.05, 4.69) is 70.2 Å². The Balaban J connectivity index is 2.62. The highest BCUT2D eigenvalue weighted by atomic mass is 16.3. The maximum Gasteiger partial charge on any atom is 0.0552 e. The molecule has 0 saturated carbocycles. The maximum atomic E-state index is 9.80. The lowest BCUT2D eigenvalue weighted by molar-refractivity contribution is 0.195. The molecule has 0 saturated heterocycles. The number of aliphatic hydroxyl groups excluding tert-OH is 1. The van der Waals surface area contributed by atoms with E-state index in [9.17, 15) is 5.11 Å². The minimum Gasteiger partial charge on any atom is -0.393 e. The van der Waals surface area contributed by atoms with E-state index in [4.69, 9.17) is 0 Å². The number of aliphatic hydroxyl groups is 1. The number of benzene rings is 2. The lowest BCUT2D eigenvalue weighted by atomic mass is 9.80. The minimum absolute atomic E-state index is 0.101. The highest BCUT2D eigenvalue weighted by molar-refractivity contribution is 5.72. The van der Waals surface area contributed by atoms with Gasteiger partial charge in [0.2, 0.25) is 0 Å². The topological polar surface area (TPSA) is 20.2 Å². The summed E-state index contributed by atoms with van der Waals surface area (Å²) < 4.78 is 0. The monoisotopic (exact) mass is 282 g/mol. The first-order valence-electron chi connectivity index (χ1n) is 7.66. The molecule has 1 unspecified atom stereocenters. The molecule has 112 valence electrons. The number of hydrogen-bond acceptors (Lipinski definition) is 1. The van der Waals surface area contributed by atoms with Crippen LogP contribution in [0.2, 0.25) is 0 Å². The fourth-order valence-corrected chi connectivity index (χ4v) is 2.84. The van der Waals surface area contributed by atoms with Crippen molar-refractivity contribution >= 4 is 0 Å². The minimum atomic E-state index is -0.327. The Kier molecular flexibility index (Phi) is 4.53. The summed E-state index contributed by atoms with van der Waals surface area (Å²) in [6, 6.07) is 15.1. The fraction of sp³-hybridized carbons (Fsp3) is 0.400. The molecule has 1 atom stereocenters. The zero-order chi connectivity index (χ0) is 15.6. The first-order chi connectivity index (χ1) is 9.79. The van der Waals surface area contributed by atoms with E-state index in [-0.39, 0.29) is 11.5 Å². The zero-order valence-corrected chi connectivity index (χ0v) is 13.8. The Morgan fingerprint density at radius 1 is 1.00 bits per heavy atom. The van der Waals surface area contributed by atoms with Gasteiger partial charge < -0.3 is 5.11 Å². The van der Waals surface area contributed by atoms with Gasteiger partial charge in [-0.2, -0.15) is 0 Å². The molecule has 0 amide bonds. The summed E-state index contributed by atoms with van der Waals surface area (Å²) in [4.78, 5) is 0. The zero-order valence-electron chi connectivity index (χ0n) is 13.8. The molecule has 0 aliphatic heterocycles. The Morgan fingerprint density at radius 2 is 1.67 bits per heavy atom. The Hall–Kier alpha value is -1.60. The van der Waals surface area contributed by atoms with Crippen molar-refractivity contribution in [1.82, 2.24) is 0 Å². The van der Waals surface area contributed by atoms with Crippen molar-refractivity contribution in [1.29, 1.82) is 0 Å². The summed E-state index contributed by atoms with van der Waals surface area (Å²) in [5, 5.41) is 9.80. The van der Waals surface area contributed by atoms with Crippen LogP contribution in [0.4, 0.5) is 0 Å². The molecular weight excluding hydrogens is 256 g/mol. The van der Waals surface area contributed by atoms with Crippen molar-refractivity contribution in [3.05, 3.63) is 59.2 Å². The number of aryl methyl sites for hydroxylation is 1. The van der Waals surface area contributed by atoms with Crippen molar-refractivity contribution in [3.8, 4) is 11.1 Å². The van der Waals surface area contributed by atoms with Crippen LogP contribution in [0.1, 0.15) is 44.4 Å². The van der Waals surface area contributed by atoms with Crippen LogP contribution in [0.15, 0.2) is 42.5 Å². The van der Waals surface area contributed by atoms with Gasteiger partial charge >= 0.3 is 0 Å². The lowest BCUT2D eigenvalue weighted by Gasteiger charge is -2.24. The second-order valence-electron chi connectivity index (χ2n) is 7.01. The Bertz CT molecular complexity index is 618. The van der Waals surface area contributed by atoms with Gasteiger partial charge in [-0.3, -0.25) is 0 Å². The third-order valence-corrected chi connectivity index (χ3v) is 3.80. The van der Waals surface area contributed by atoms with Crippen molar-refractivity contribution in [2.45, 2.75) is 52.6 Å². The van der Waals surface area contributed by atoms with Crippen molar-refractivity contribution in [2.75, 3.05) is 0 Å². The van der Waals surface area contributed by atoms with Crippen LogP contribution in [-0.4, -0.2) is 11.2 Å². The second-order valence-corrected chi connectivity index (χ2v) is 7.01. The summed E-state index contributed by atoms with van der Waals surface area (Å²) in [5.41, 5.74) is 6.43. The van der Waals surface area contributed by atoms with Gasteiger partial charge in [0, 0.05) is 0 Å². The highest BCUT2D eigenvalue weighted by Gasteiger charge is 2.19. The maximum absolute atomic E-state index is 9.80. The van der Waals surface area contributed by atoms with Crippen LogP contribution in [0.3, 0.4) is 0 Å². The molecule has 21 heavy (non-hydrogen) atoms. The van der Waals surface area contributed by atoms with E-state index in [1.54, 1.807) is 0 Å². The van der Waals surface area contributed by atoms with Crippen LogP contribution < -0.4 is 0 Å². The van der Waals surface area contributed by atoms with Crippen molar-refractivity contribution in [3.63, 3.8) is 0 Å².